The summed E-state index contributed by atoms with van der Waals surface area (Å²) < 4.78 is 5.31. The molecule has 0 saturated heterocycles. The maximum Gasteiger partial charge on any atom is 0.338 e. The fraction of sp³-hybridized carbons (Fsp3) is 0.0455. The third-order valence-electron chi connectivity index (χ3n) is 4.54. The zero-order chi connectivity index (χ0) is 21.8. The Bertz CT molecular complexity index is 1280. The zero-order valence-electron chi connectivity index (χ0n) is 16.1. The van der Waals surface area contributed by atoms with Gasteiger partial charge in [0.2, 0.25) is 0 Å². The summed E-state index contributed by atoms with van der Waals surface area (Å²) in [4.78, 5) is 35.5. The van der Waals surface area contributed by atoms with Gasteiger partial charge in [0, 0.05) is 23.2 Å². The van der Waals surface area contributed by atoms with E-state index < -0.39 is 16.8 Å². The summed E-state index contributed by atoms with van der Waals surface area (Å²) in [5, 5.41) is 20.6. The number of ether oxygens (including phenoxy) is 1. The average Bonchev–Trinajstić information content (AvgIpc) is 3.22. The van der Waals surface area contributed by atoms with Crippen LogP contribution in [0.15, 0.2) is 72.8 Å². The lowest BCUT2D eigenvalue weighted by Gasteiger charge is -2.08. The van der Waals surface area contributed by atoms with Gasteiger partial charge < -0.3 is 10.1 Å². The highest BCUT2D eigenvalue weighted by Crippen LogP contribution is 2.23. The number of benzene rings is 3. The van der Waals surface area contributed by atoms with Gasteiger partial charge in [-0.3, -0.25) is 20.0 Å². The number of rotatable bonds is 6. The molecule has 0 radical (unpaired) electrons. The Balaban J connectivity index is 1.49. The van der Waals surface area contributed by atoms with Gasteiger partial charge in [-0.05, 0) is 29.8 Å². The zero-order valence-corrected chi connectivity index (χ0v) is 16.1. The van der Waals surface area contributed by atoms with Crippen LogP contribution in [0.4, 0.5) is 11.4 Å². The first-order valence-corrected chi connectivity index (χ1v) is 9.26. The molecular weight excluding hydrogens is 400 g/mol. The van der Waals surface area contributed by atoms with Crippen LogP contribution in [0, 0.1) is 10.1 Å². The standard InChI is InChI=1S/C22H16N4O5/c27-21(20-18-12-17(26(29)30)9-10-19(18)24-25-20)23-16-8-4-7-15(11-16)22(28)31-13-14-5-2-1-3-6-14/h1-12H,13H2,(H,23,27)(H,24,25). The van der Waals surface area contributed by atoms with Crippen molar-refractivity contribution in [2.75, 3.05) is 5.32 Å². The molecule has 31 heavy (non-hydrogen) atoms. The first kappa shape index (κ1) is 19.8. The number of hydrogen-bond donors (Lipinski definition) is 2. The molecule has 0 unspecified atom stereocenters. The van der Waals surface area contributed by atoms with Crippen molar-refractivity contribution in [2.24, 2.45) is 0 Å². The molecule has 0 fully saturated rings. The van der Waals surface area contributed by atoms with Gasteiger partial charge in [-0.25, -0.2) is 4.79 Å². The smallest absolute Gasteiger partial charge is 0.338 e. The van der Waals surface area contributed by atoms with Gasteiger partial charge in [-0.15, -0.1) is 0 Å². The molecule has 3 aromatic carbocycles. The number of carbonyl (C=O) groups is 2. The Labute approximate surface area is 175 Å². The summed E-state index contributed by atoms with van der Waals surface area (Å²) in [5.74, 6) is -1.10. The van der Waals surface area contributed by atoms with Crippen molar-refractivity contribution < 1.29 is 19.2 Å². The van der Waals surface area contributed by atoms with Gasteiger partial charge in [0.15, 0.2) is 5.69 Å². The summed E-state index contributed by atoms with van der Waals surface area (Å²) in [6.07, 6.45) is 0. The van der Waals surface area contributed by atoms with Crippen molar-refractivity contribution >= 4 is 34.2 Å². The lowest BCUT2D eigenvalue weighted by molar-refractivity contribution is -0.384. The summed E-state index contributed by atoms with van der Waals surface area (Å²) in [6, 6.07) is 19.7. The minimum atomic E-state index is -0.568. The molecule has 154 valence electrons. The highest BCUT2D eigenvalue weighted by molar-refractivity contribution is 6.11. The van der Waals surface area contributed by atoms with Crippen molar-refractivity contribution in [1.29, 1.82) is 0 Å². The number of fused-ring (bicyclic) bond motifs is 1. The molecule has 9 heteroatoms. The molecule has 0 bridgehead atoms. The van der Waals surface area contributed by atoms with Crippen LogP contribution in [0.3, 0.4) is 0 Å². The fourth-order valence-electron chi connectivity index (χ4n) is 3.01. The lowest BCUT2D eigenvalue weighted by Crippen LogP contribution is -2.13. The molecule has 0 aliphatic rings. The highest BCUT2D eigenvalue weighted by Gasteiger charge is 2.18. The van der Waals surface area contributed by atoms with E-state index in [9.17, 15) is 19.7 Å². The number of hydrogen-bond acceptors (Lipinski definition) is 6. The van der Waals surface area contributed by atoms with Gasteiger partial charge in [0.05, 0.1) is 16.0 Å². The number of carbonyl (C=O) groups excluding carboxylic acids is 2. The largest absolute Gasteiger partial charge is 0.457 e. The number of aromatic amines is 1. The van der Waals surface area contributed by atoms with Crippen LogP contribution >= 0.6 is 0 Å². The predicted octanol–water partition coefficient (Wildman–Crippen LogP) is 4.08. The molecule has 2 N–H and O–H groups in total. The van der Waals surface area contributed by atoms with Gasteiger partial charge >= 0.3 is 5.97 Å². The molecule has 1 heterocycles. The Morgan fingerprint density at radius 3 is 2.61 bits per heavy atom. The topological polar surface area (TPSA) is 127 Å². The minimum absolute atomic E-state index is 0.00996. The molecule has 0 aliphatic heterocycles. The van der Waals surface area contributed by atoms with Crippen LogP contribution in [-0.2, 0) is 11.3 Å². The highest BCUT2D eigenvalue weighted by atomic mass is 16.6. The molecule has 0 spiro atoms. The van der Waals surface area contributed by atoms with Crippen LogP contribution in [0.2, 0.25) is 0 Å². The maximum absolute atomic E-state index is 12.7. The lowest BCUT2D eigenvalue weighted by atomic mass is 10.1. The fourth-order valence-corrected chi connectivity index (χ4v) is 3.01. The van der Waals surface area contributed by atoms with Crippen molar-refractivity contribution in [1.82, 2.24) is 10.2 Å². The van der Waals surface area contributed by atoms with E-state index in [0.717, 1.165) is 5.56 Å². The number of nitro benzene ring substituents is 1. The van der Waals surface area contributed by atoms with Crippen LogP contribution < -0.4 is 5.32 Å². The van der Waals surface area contributed by atoms with E-state index in [1.54, 1.807) is 18.2 Å². The second-order valence-corrected chi connectivity index (χ2v) is 6.66. The van der Waals surface area contributed by atoms with Gasteiger partial charge in [0.1, 0.15) is 6.61 Å². The SMILES string of the molecule is O=C(OCc1ccccc1)c1cccc(NC(=O)c2n[nH]c3ccc([N+](=O)[O-])cc23)c1. The quantitative estimate of drug-likeness (QED) is 0.277. The number of anilines is 1. The first-order chi connectivity index (χ1) is 15.0. The second-order valence-electron chi connectivity index (χ2n) is 6.66. The van der Waals surface area contributed by atoms with E-state index in [1.807, 2.05) is 30.3 Å². The maximum atomic E-state index is 12.7. The molecule has 4 rings (SSSR count). The van der Waals surface area contributed by atoms with Crippen LogP contribution in [0.25, 0.3) is 10.9 Å². The number of nitrogens with one attached hydrogen (secondary N) is 2. The molecule has 4 aromatic rings. The monoisotopic (exact) mass is 416 g/mol. The Morgan fingerprint density at radius 1 is 1.03 bits per heavy atom. The summed E-state index contributed by atoms with van der Waals surface area (Å²) in [6.45, 7) is 0.133. The predicted molar refractivity (Wildman–Crippen MR) is 113 cm³/mol. The van der Waals surface area contributed by atoms with Gasteiger partial charge in [0.25, 0.3) is 11.6 Å². The Kier molecular flexibility index (Phi) is 5.39. The van der Waals surface area contributed by atoms with Crippen molar-refractivity contribution in [3.05, 3.63) is 99.7 Å². The minimum Gasteiger partial charge on any atom is -0.457 e. The Hall–Kier alpha value is -4.53. The van der Waals surface area contributed by atoms with Gasteiger partial charge in [-0.1, -0.05) is 36.4 Å². The number of esters is 1. The van der Waals surface area contributed by atoms with E-state index >= 15 is 0 Å². The van der Waals surface area contributed by atoms with Crippen LogP contribution in [-0.4, -0.2) is 27.0 Å². The van der Waals surface area contributed by atoms with Crippen molar-refractivity contribution in [3.8, 4) is 0 Å². The molecule has 0 aliphatic carbocycles. The van der Waals surface area contributed by atoms with Gasteiger partial charge in [-0.2, -0.15) is 5.10 Å². The van der Waals surface area contributed by atoms with E-state index in [2.05, 4.69) is 15.5 Å². The molecule has 0 atom stereocenters. The van der Waals surface area contributed by atoms with E-state index in [4.69, 9.17) is 4.74 Å². The van der Waals surface area contributed by atoms with Crippen LogP contribution in [0.5, 0.6) is 0 Å². The number of amides is 1. The number of nitro groups is 1. The van der Waals surface area contributed by atoms with Crippen molar-refractivity contribution in [3.63, 3.8) is 0 Å². The summed E-state index contributed by atoms with van der Waals surface area (Å²) in [7, 11) is 0. The van der Waals surface area contributed by atoms with Crippen LogP contribution in [0.1, 0.15) is 26.4 Å². The van der Waals surface area contributed by atoms with E-state index in [-0.39, 0.29) is 23.6 Å². The number of H-pyrrole nitrogens is 1. The molecule has 0 saturated carbocycles. The molecule has 1 aromatic heterocycles. The molecule has 1 amide bonds. The number of nitrogens with zero attached hydrogens (tertiary/aromatic N) is 2. The second kappa shape index (κ2) is 8.46. The Morgan fingerprint density at radius 2 is 1.84 bits per heavy atom. The molecule has 9 nitrogen and oxygen atoms in total. The summed E-state index contributed by atoms with van der Waals surface area (Å²) in [5.41, 5.74) is 1.85. The normalized spacial score (nSPS) is 10.6. The first-order valence-electron chi connectivity index (χ1n) is 9.26. The third kappa shape index (κ3) is 4.40. The number of aromatic nitrogens is 2. The number of non-ortho nitro benzene ring substituents is 1. The molecular formula is C22H16N4O5. The van der Waals surface area contributed by atoms with Crippen molar-refractivity contribution in [2.45, 2.75) is 6.61 Å². The van der Waals surface area contributed by atoms with E-state index in [0.29, 0.717) is 16.6 Å². The average molecular weight is 416 g/mol. The third-order valence-corrected chi connectivity index (χ3v) is 4.54. The van der Waals surface area contributed by atoms with E-state index in [1.165, 1.54) is 24.3 Å². The summed E-state index contributed by atoms with van der Waals surface area (Å²) >= 11 is 0.